The smallest absolute Gasteiger partial charge is 0.314 e. The first-order valence-electron chi connectivity index (χ1n) is 19.6. The van der Waals surface area contributed by atoms with Crippen molar-refractivity contribution in [3.63, 3.8) is 0 Å². The van der Waals surface area contributed by atoms with Crippen molar-refractivity contribution >= 4 is 97.1 Å². The lowest BCUT2D eigenvalue weighted by Crippen LogP contribution is -2.52. The third-order valence-electron chi connectivity index (χ3n) is 7.69. The van der Waals surface area contributed by atoms with Crippen LogP contribution in [0.2, 0.25) is 109 Å². The summed E-state index contributed by atoms with van der Waals surface area (Å²) in [6, 6.07) is 15.7. The number of anilines is 4. The van der Waals surface area contributed by atoms with Crippen molar-refractivity contribution in [3.05, 3.63) is 64.9 Å². The minimum Gasteiger partial charge on any atom is -0.437 e. The predicted molar refractivity (Wildman–Crippen MR) is 249 cm³/mol. The molecule has 316 valence electrons. The molecule has 2 aromatic carbocycles. The number of carbonyl (C=O) groups is 2. The van der Waals surface area contributed by atoms with Gasteiger partial charge in [-0.05, 0) is 177 Å². The van der Waals surface area contributed by atoms with Gasteiger partial charge in [-0.25, -0.2) is 0 Å². The van der Waals surface area contributed by atoms with E-state index in [1.807, 2.05) is 0 Å². The van der Waals surface area contributed by atoms with E-state index in [0.717, 1.165) is 24.9 Å². The average molecular weight is 909 g/mol. The summed E-state index contributed by atoms with van der Waals surface area (Å²) in [7, 11) is -11.8. The molecule has 1 heterocycles. The summed E-state index contributed by atoms with van der Waals surface area (Å²) in [5.41, 5.74) is 2.41. The van der Waals surface area contributed by atoms with Crippen molar-refractivity contribution in [2.45, 2.75) is 117 Å². The molecular formula is C37H66ClN7O6Si6. The van der Waals surface area contributed by atoms with Gasteiger partial charge >= 0.3 is 17.1 Å². The van der Waals surface area contributed by atoms with Crippen LogP contribution in [-0.2, 0) is 16.5 Å². The third-order valence-corrected chi connectivity index (χ3v) is 27.1. The normalized spacial score (nSPS) is 13.0. The number of nitrogens with zero attached hydrogens (tertiary/aromatic N) is 3. The van der Waals surface area contributed by atoms with Crippen molar-refractivity contribution in [2.24, 2.45) is 0 Å². The van der Waals surface area contributed by atoms with Gasteiger partial charge in [0.1, 0.15) is 0 Å². The summed E-state index contributed by atoms with van der Waals surface area (Å²) in [6.45, 7) is 31.7. The summed E-state index contributed by atoms with van der Waals surface area (Å²) in [5, 5.41) is 12.3. The van der Waals surface area contributed by atoms with Gasteiger partial charge in [-0.1, -0.05) is 0 Å². The molecule has 0 spiro atoms. The van der Waals surface area contributed by atoms with Crippen LogP contribution in [0.15, 0.2) is 48.5 Å². The largest absolute Gasteiger partial charge is 0.437 e. The number of benzene rings is 2. The van der Waals surface area contributed by atoms with Gasteiger partial charge in [0.05, 0.1) is 0 Å². The molecule has 0 bridgehead atoms. The van der Waals surface area contributed by atoms with E-state index < -0.39 is 50.4 Å². The quantitative estimate of drug-likeness (QED) is 0.0562. The molecule has 4 N–H and O–H groups in total. The number of carbonyl (C=O) groups excluding carboxylic acids is 2. The Morgan fingerprint density at radius 1 is 0.509 bits per heavy atom. The molecule has 0 unspecified atom stereocenters. The molecule has 0 saturated heterocycles. The molecule has 1 aromatic heterocycles. The highest BCUT2D eigenvalue weighted by Crippen LogP contribution is 2.27. The maximum absolute atomic E-state index is 12.9. The molecule has 0 atom stereocenters. The zero-order valence-electron chi connectivity index (χ0n) is 36.5. The molecule has 0 fully saturated rings. The molecule has 0 aliphatic rings. The Hall–Kier alpha value is -2.58. The second-order valence-electron chi connectivity index (χ2n) is 18.5. The van der Waals surface area contributed by atoms with Gasteiger partial charge in [0.15, 0.2) is 33.3 Å². The predicted octanol–water partition coefficient (Wildman–Crippen LogP) is 9.80. The van der Waals surface area contributed by atoms with Crippen LogP contribution >= 0.6 is 11.6 Å². The van der Waals surface area contributed by atoms with Crippen LogP contribution in [0.4, 0.5) is 23.3 Å². The van der Waals surface area contributed by atoms with Crippen LogP contribution < -0.4 is 21.3 Å². The van der Waals surface area contributed by atoms with Crippen LogP contribution in [0.25, 0.3) is 0 Å². The van der Waals surface area contributed by atoms with Crippen molar-refractivity contribution in [2.75, 3.05) is 23.7 Å². The van der Waals surface area contributed by atoms with Crippen molar-refractivity contribution in [3.8, 4) is 0 Å². The molecule has 0 aliphatic heterocycles. The lowest BCUT2D eigenvalue weighted by Gasteiger charge is -2.38. The number of nitrogens with one attached hydrogen (secondary N) is 4. The fourth-order valence-electron chi connectivity index (χ4n) is 6.39. The highest BCUT2D eigenvalue weighted by Gasteiger charge is 2.41. The molecule has 0 saturated carbocycles. The number of hydrogen-bond donors (Lipinski definition) is 4. The monoisotopic (exact) mass is 907 g/mol. The Bertz CT molecular complexity index is 1630. The van der Waals surface area contributed by atoms with E-state index in [0.29, 0.717) is 35.6 Å². The highest BCUT2D eigenvalue weighted by atomic mass is 35.5. The molecule has 0 aliphatic carbocycles. The van der Waals surface area contributed by atoms with Gasteiger partial charge in [0, 0.05) is 35.6 Å². The number of halogens is 1. The second kappa shape index (κ2) is 20.1. The van der Waals surface area contributed by atoms with E-state index in [2.05, 4.69) is 128 Å². The van der Waals surface area contributed by atoms with Crippen LogP contribution in [0.3, 0.4) is 0 Å². The van der Waals surface area contributed by atoms with Gasteiger partial charge in [-0.2, -0.15) is 15.0 Å². The number of rotatable bonds is 22. The first-order chi connectivity index (χ1) is 26.1. The van der Waals surface area contributed by atoms with Crippen LogP contribution in [0.5, 0.6) is 0 Å². The lowest BCUT2D eigenvalue weighted by molar-refractivity contribution is 0.0945. The Morgan fingerprint density at radius 2 is 0.807 bits per heavy atom. The zero-order valence-corrected chi connectivity index (χ0v) is 43.3. The van der Waals surface area contributed by atoms with E-state index >= 15 is 0 Å². The molecule has 3 rings (SSSR count). The summed E-state index contributed by atoms with van der Waals surface area (Å²) in [5.74, 6) is 0.146. The molecule has 0 radical (unpaired) electrons. The topological polar surface area (TPSA) is 158 Å². The molecule has 2 amide bonds. The number of hydrogen-bond acceptors (Lipinski definition) is 11. The standard InChI is InChI=1S/C37H66ClN7O6Si6/c1-52(2,3)48-56(13,49-53(4,5)6)27-15-25-39-33(46)29-17-21-31(22-18-29)41-36-43-35(38)44-37(45-36)42-32-23-19-30(20-24-32)34(47)40-26-16-28-57(14,50-54(7,8)9)51-55(10,11)12/h17-24H,15-16,25-28H2,1-14H3,(H,39,46)(H,40,47)(H2,41,42,43,44,45). The molecule has 57 heavy (non-hydrogen) atoms. The molecule has 13 nitrogen and oxygen atoms in total. The maximum Gasteiger partial charge on any atom is 0.314 e. The lowest BCUT2D eigenvalue weighted by atomic mass is 10.2. The van der Waals surface area contributed by atoms with Gasteiger partial charge in [0.2, 0.25) is 17.2 Å². The van der Waals surface area contributed by atoms with Crippen LogP contribution in [0.1, 0.15) is 33.6 Å². The SMILES string of the molecule is C[Si](C)(C)O[Si](C)(CCCNC(=O)c1ccc(Nc2nc(Cl)nc(Nc3ccc(C(=O)NCCC[Si](C)(O[Si](C)(C)C)O[Si](C)(C)C)cc3)n2)cc1)O[Si](C)(C)C. The Labute approximate surface area is 352 Å². The van der Waals surface area contributed by atoms with E-state index in [9.17, 15) is 9.59 Å². The average Bonchev–Trinajstić information content (AvgIpc) is 3.02. The minimum absolute atomic E-state index is 0.00344. The fourth-order valence-corrected chi connectivity index (χ4v) is 31.6. The maximum atomic E-state index is 12.9. The summed E-state index contributed by atoms with van der Waals surface area (Å²) >= 11 is 6.25. The van der Waals surface area contributed by atoms with Gasteiger partial charge < -0.3 is 37.7 Å². The minimum atomic E-state index is -2.36. The van der Waals surface area contributed by atoms with Crippen molar-refractivity contribution < 1.29 is 26.0 Å². The first kappa shape index (κ1) is 48.8. The molecule has 20 heteroatoms. The number of amides is 2. The van der Waals surface area contributed by atoms with Gasteiger partial charge in [0.25, 0.3) is 11.8 Å². The number of aromatic nitrogens is 3. The van der Waals surface area contributed by atoms with Gasteiger partial charge in [-0.3, -0.25) is 9.59 Å². The fraction of sp³-hybridized carbons (Fsp3) is 0.541. The first-order valence-corrected chi connectivity index (χ1v) is 38.7. The molecular weight excluding hydrogens is 842 g/mol. The Kier molecular flexibility index (Phi) is 17.2. The van der Waals surface area contributed by atoms with Crippen molar-refractivity contribution in [1.82, 2.24) is 25.6 Å². The third kappa shape index (κ3) is 19.4. The van der Waals surface area contributed by atoms with E-state index in [4.69, 9.17) is 28.1 Å². The van der Waals surface area contributed by atoms with Crippen LogP contribution in [-0.4, -0.2) is 90.2 Å². The van der Waals surface area contributed by atoms with Crippen molar-refractivity contribution in [1.29, 1.82) is 0 Å². The zero-order chi connectivity index (χ0) is 42.9. The Balaban J connectivity index is 1.52. The van der Waals surface area contributed by atoms with Crippen LogP contribution in [0, 0.1) is 0 Å². The van der Waals surface area contributed by atoms with E-state index in [-0.39, 0.29) is 29.0 Å². The van der Waals surface area contributed by atoms with E-state index in [1.165, 1.54) is 0 Å². The molecule has 3 aromatic rings. The van der Waals surface area contributed by atoms with Gasteiger partial charge in [-0.15, -0.1) is 0 Å². The second-order valence-corrected chi connectivity index (χ2v) is 44.5. The Morgan fingerprint density at radius 3 is 1.09 bits per heavy atom. The highest BCUT2D eigenvalue weighted by molar-refractivity contribution is 6.88. The summed E-state index contributed by atoms with van der Waals surface area (Å²) < 4.78 is 26.3. The summed E-state index contributed by atoms with van der Waals surface area (Å²) in [4.78, 5) is 38.7. The van der Waals surface area contributed by atoms with E-state index in [1.54, 1.807) is 48.5 Å². The summed E-state index contributed by atoms with van der Waals surface area (Å²) in [6.07, 6.45) is 1.57.